The molecule has 3 aromatic rings. The smallest absolute Gasteiger partial charge is 0.261 e. The molecule has 0 aliphatic carbocycles. The molecule has 0 saturated heterocycles. The van der Waals surface area contributed by atoms with Crippen molar-refractivity contribution in [2.45, 2.75) is 6.42 Å². The number of anilines is 1. The van der Waals surface area contributed by atoms with Crippen LogP contribution in [0.25, 0.3) is 0 Å². The number of carbonyl (C=O) groups is 1. The first-order valence-electron chi connectivity index (χ1n) is 8.08. The monoisotopic (exact) mass is 386 g/mol. The highest BCUT2D eigenvalue weighted by Crippen LogP contribution is 2.34. The van der Waals surface area contributed by atoms with Gasteiger partial charge in [-0.2, -0.15) is 0 Å². The molecule has 132 valence electrons. The van der Waals surface area contributed by atoms with Gasteiger partial charge in [-0.3, -0.25) is 10.1 Å². The van der Waals surface area contributed by atoms with Crippen LogP contribution in [-0.2, 0) is 6.42 Å². The number of nitrogens with zero attached hydrogens (tertiary/aromatic N) is 1. The van der Waals surface area contributed by atoms with Crippen molar-refractivity contribution in [1.29, 1.82) is 0 Å². The summed E-state index contributed by atoms with van der Waals surface area (Å²) in [6, 6.07) is 13.0. The summed E-state index contributed by atoms with van der Waals surface area (Å²) in [5, 5.41) is 4.08. The Morgan fingerprint density at radius 1 is 1.19 bits per heavy atom. The molecule has 0 fully saturated rings. The van der Waals surface area contributed by atoms with E-state index in [1.54, 1.807) is 24.4 Å². The van der Waals surface area contributed by atoms with E-state index in [1.165, 1.54) is 11.3 Å². The van der Waals surface area contributed by atoms with Crippen molar-refractivity contribution in [3.63, 3.8) is 0 Å². The number of nitrogens with one attached hydrogen (secondary N) is 1. The van der Waals surface area contributed by atoms with Gasteiger partial charge in [0, 0.05) is 22.5 Å². The van der Waals surface area contributed by atoms with Gasteiger partial charge in [0.2, 0.25) is 0 Å². The van der Waals surface area contributed by atoms with Crippen LogP contribution in [0.4, 0.5) is 5.13 Å². The number of hydrogen-bond acceptors (Lipinski definition) is 5. The van der Waals surface area contributed by atoms with Crippen LogP contribution in [-0.4, -0.2) is 24.1 Å². The van der Waals surface area contributed by atoms with E-state index in [2.05, 4.69) is 10.3 Å². The van der Waals surface area contributed by atoms with E-state index in [9.17, 15) is 4.79 Å². The molecule has 1 amide bonds. The van der Waals surface area contributed by atoms with Crippen LogP contribution in [0, 0.1) is 0 Å². The molecule has 26 heavy (non-hydrogen) atoms. The second-order valence-electron chi connectivity index (χ2n) is 5.72. The second kappa shape index (κ2) is 7.35. The molecule has 0 radical (unpaired) electrons. The fraction of sp³-hybridized carbons (Fsp3) is 0.158. The molecule has 1 N–H and O–H groups in total. The molecule has 2 aromatic carbocycles. The van der Waals surface area contributed by atoms with Gasteiger partial charge in [0.25, 0.3) is 5.91 Å². The average Bonchev–Trinajstić information content (AvgIpc) is 3.08. The highest BCUT2D eigenvalue weighted by Gasteiger charge is 2.21. The van der Waals surface area contributed by atoms with Crippen LogP contribution < -0.4 is 14.8 Å². The van der Waals surface area contributed by atoms with Gasteiger partial charge in [0.1, 0.15) is 13.2 Å². The highest BCUT2D eigenvalue weighted by atomic mass is 35.5. The van der Waals surface area contributed by atoms with Crippen molar-refractivity contribution >= 4 is 34.0 Å². The molecule has 0 spiro atoms. The first kappa shape index (κ1) is 16.9. The van der Waals surface area contributed by atoms with Gasteiger partial charge < -0.3 is 9.47 Å². The maximum Gasteiger partial charge on any atom is 0.261 e. The van der Waals surface area contributed by atoms with Crippen molar-refractivity contribution in [3.05, 3.63) is 69.7 Å². The summed E-state index contributed by atoms with van der Waals surface area (Å²) in [7, 11) is 0. The number of para-hydroxylation sites is 1. The lowest BCUT2D eigenvalue weighted by Gasteiger charge is -2.20. The molecular formula is C19H15ClN2O3S. The van der Waals surface area contributed by atoms with E-state index in [0.29, 0.717) is 46.9 Å². The summed E-state index contributed by atoms with van der Waals surface area (Å²) in [5.41, 5.74) is 1.54. The number of hydrogen-bond donors (Lipinski definition) is 1. The highest BCUT2D eigenvalue weighted by molar-refractivity contribution is 7.15. The molecular weight excluding hydrogens is 372 g/mol. The van der Waals surface area contributed by atoms with Crippen LogP contribution in [0.5, 0.6) is 11.5 Å². The first-order chi connectivity index (χ1) is 12.7. The molecule has 0 bridgehead atoms. The lowest BCUT2D eigenvalue weighted by molar-refractivity contribution is 0.101. The Balaban J connectivity index is 1.48. The zero-order chi connectivity index (χ0) is 17.9. The Morgan fingerprint density at radius 2 is 2.04 bits per heavy atom. The van der Waals surface area contributed by atoms with Crippen molar-refractivity contribution < 1.29 is 14.3 Å². The maximum atomic E-state index is 12.6. The number of halogens is 1. The molecule has 5 nitrogen and oxygen atoms in total. The van der Waals surface area contributed by atoms with Crippen LogP contribution in [0.1, 0.15) is 20.8 Å². The molecule has 0 atom stereocenters. The molecule has 0 unspecified atom stereocenters. The largest absolute Gasteiger partial charge is 0.486 e. The third kappa shape index (κ3) is 3.66. The number of benzene rings is 2. The Labute approximate surface area is 159 Å². The third-order valence-corrected chi connectivity index (χ3v) is 5.00. The standard InChI is InChI=1S/C19H15ClN2O3S/c20-13-4-1-3-12(9-13)10-14-11-21-19(26-14)22-18(23)15-5-2-6-16-17(15)25-8-7-24-16/h1-6,9,11H,7-8,10H2,(H,21,22,23). The van der Waals surface area contributed by atoms with E-state index in [-0.39, 0.29) is 5.91 Å². The lowest BCUT2D eigenvalue weighted by Crippen LogP contribution is -2.20. The fourth-order valence-electron chi connectivity index (χ4n) is 2.71. The van der Waals surface area contributed by atoms with Crippen molar-refractivity contribution in [2.75, 3.05) is 18.5 Å². The van der Waals surface area contributed by atoms with Gasteiger partial charge in [-0.1, -0.05) is 29.8 Å². The Morgan fingerprint density at radius 3 is 2.92 bits per heavy atom. The van der Waals surface area contributed by atoms with Gasteiger partial charge in [0.15, 0.2) is 16.6 Å². The van der Waals surface area contributed by atoms with Gasteiger partial charge >= 0.3 is 0 Å². The molecule has 1 aromatic heterocycles. The quantitative estimate of drug-likeness (QED) is 0.721. The first-order valence-corrected chi connectivity index (χ1v) is 9.27. The second-order valence-corrected chi connectivity index (χ2v) is 7.27. The predicted molar refractivity (Wildman–Crippen MR) is 102 cm³/mol. The number of aromatic nitrogens is 1. The van der Waals surface area contributed by atoms with E-state index >= 15 is 0 Å². The van der Waals surface area contributed by atoms with Crippen molar-refractivity contribution in [2.24, 2.45) is 0 Å². The van der Waals surface area contributed by atoms with Crippen LogP contribution in [0.2, 0.25) is 5.02 Å². The summed E-state index contributed by atoms with van der Waals surface area (Å²) >= 11 is 7.46. The maximum absolute atomic E-state index is 12.6. The Kier molecular flexibility index (Phi) is 4.77. The van der Waals surface area contributed by atoms with Gasteiger partial charge in [-0.05, 0) is 29.8 Å². The van der Waals surface area contributed by atoms with Crippen molar-refractivity contribution in [3.8, 4) is 11.5 Å². The van der Waals surface area contributed by atoms with Crippen LogP contribution >= 0.6 is 22.9 Å². The Bertz CT molecular complexity index is 957. The number of ether oxygens (including phenoxy) is 2. The molecule has 0 saturated carbocycles. The minimum absolute atomic E-state index is 0.268. The van der Waals surface area contributed by atoms with E-state index in [0.717, 1.165) is 10.4 Å². The topological polar surface area (TPSA) is 60.5 Å². The SMILES string of the molecule is O=C(Nc1ncc(Cc2cccc(Cl)c2)s1)c1cccc2c1OCCO2. The molecule has 4 rings (SSSR count). The summed E-state index contributed by atoms with van der Waals surface area (Å²) < 4.78 is 11.1. The Hall–Kier alpha value is -2.57. The number of thiazole rings is 1. The molecule has 2 heterocycles. The number of fused-ring (bicyclic) bond motifs is 1. The zero-order valence-corrected chi connectivity index (χ0v) is 15.3. The summed E-state index contributed by atoms with van der Waals surface area (Å²) in [5.74, 6) is 0.799. The van der Waals surface area contributed by atoms with E-state index < -0.39 is 0 Å². The summed E-state index contributed by atoms with van der Waals surface area (Å²) in [6.07, 6.45) is 2.48. The van der Waals surface area contributed by atoms with Gasteiger partial charge in [-0.25, -0.2) is 4.98 Å². The number of carbonyl (C=O) groups excluding carboxylic acids is 1. The minimum Gasteiger partial charge on any atom is -0.486 e. The van der Waals surface area contributed by atoms with Crippen LogP contribution in [0.15, 0.2) is 48.7 Å². The minimum atomic E-state index is -0.268. The van der Waals surface area contributed by atoms with E-state index in [1.807, 2.05) is 24.3 Å². The lowest BCUT2D eigenvalue weighted by atomic mass is 10.1. The summed E-state index contributed by atoms with van der Waals surface area (Å²) in [4.78, 5) is 17.9. The predicted octanol–water partition coefficient (Wildman–Crippen LogP) is 4.41. The fourth-order valence-corrected chi connectivity index (χ4v) is 3.77. The van der Waals surface area contributed by atoms with Gasteiger partial charge in [0.05, 0.1) is 5.56 Å². The normalized spacial score (nSPS) is 12.7. The number of amides is 1. The van der Waals surface area contributed by atoms with Crippen molar-refractivity contribution in [1.82, 2.24) is 4.98 Å². The third-order valence-electron chi connectivity index (χ3n) is 3.85. The average molecular weight is 387 g/mol. The van der Waals surface area contributed by atoms with Gasteiger partial charge in [-0.15, -0.1) is 11.3 Å². The zero-order valence-electron chi connectivity index (χ0n) is 13.7. The molecule has 1 aliphatic rings. The summed E-state index contributed by atoms with van der Waals surface area (Å²) in [6.45, 7) is 0.912. The molecule has 1 aliphatic heterocycles. The number of rotatable bonds is 4. The van der Waals surface area contributed by atoms with E-state index in [4.69, 9.17) is 21.1 Å². The van der Waals surface area contributed by atoms with Crippen LogP contribution in [0.3, 0.4) is 0 Å². The molecule has 7 heteroatoms.